The fourth-order valence-electron chi connectivity index (χ4n) is 1.77. The van der Waals surface area contributed by atoms with Gasteiger partial charge in [0.05, 0.1) is 6.10 Å². The molecular weight excluding hydrogens is 166 g/mol. The Morgan fingerprint density at radius 1 is 1.38 bits per heavy atom. The van der Waals surface area contributed by atoms with Crippen LogP contribution >= 0.6 is 0 Å². The summed E-state index contributed by atoms with van der Waals surface area (Å²) in [5.41, 5.74) is -0.192. The lowest BCUT2D eigenvalue weighted by atomic mass is 9.83. The molecule has 13 heavy (non-hydrogen) atoms. The van der Waals surface area contributed by atoms with Gasteiger partial charge in [-0.05, 0) is 39.7 Å². The first kappa shape index (κ1) is 11.0. The van der Waals surface area contributed by atoms with Crippen molar-refractivity contribution in [1.29, 1.82) is 0 Å². The van der Waals surface area contributed by atoms with Crippen LogP contribution in [-0.4, -0.2) is 37.0 Å². The smallest absolute Gasteiger partial charge is 0.0745 e. The van der Waals surface area contributed by atoms with Crippen molar-refractivity contribution in [1.82, 2.24) is 5.32 Å². The van der Waals surface area contributed by atoms with Gasteiger partial charge in [0.15, 0.2) is 0 Å². The number of rotatable bonds is 3. The Kier molecular flexibility index (Phi) is 3.71. The molecule has 3 heteroatoms. The molecular formula is C10H21NO2. The first-order valence-corrected chi connectivity index (χ1v) is 5.02. The molecule has 1 unspecified atom stereocenters. The predicted octanol–water partition coefficient (Wildman–Crippen LogP) is 0.772. The van der Waals surface area contributed by atoms with Gasteiger partial charge in [-0.3, -0.25) is 0 Å². The molecule has 0 aromatic rings. The topological polar surface area (TPSA) is 41.5 Å². The Balaban J connectivity index is 2.49. The van der Waals surface area contributed by atoms with Crippen LogP contribution in [0.5, 0.6) is 0 Å². The highest BCUT2D eigenvalue weighted by atomic mass is 16.5. The predicted molar refractivity (Wildman–Crippen MR) is 52.7 cm³/mol. The van der Waals surface area contributed by atoms with Crippen molar-refractivity contribution < 1.29 is 9.84 Å². The summed E-state index contributed by atoms with van der Waals surface area (Å²) in [6, 6.07) is 0. The summed E-state index contributed by atoms with van der Waals surface area (Å²) in [5.74, 6) is 0.385. The van der Waals surface area contributed by atoms with Crippen molar-refractivity contribution in [2.75, 3.05) is 20.3 Å². The van der Waals surface area contributed by atoms with Crippen molar-refractivity contribution in [3.05, 3.63) is 0 Å². The normalized spacial score (nSPS) is 23.1. The molecule has 2 N–H and O–H groups in total. The SMILES string of the molecule is CNC(C)(C)C(O)C1CCOCC1. The van der Waals surface area contributed by atoms with Crippen LogP contribution in [0.25, 0.3) is 0 Å². The van der Waals surface area contributed by atoms with Gasteiger partial charge in [0.1, 0.15) is 0 Å². The maximum atomic E-state index is 10.1. The van der Waals surface area contributed by atoms with E-state index in [1.807, 2.05) is 20.9 Å². The second-order valence-electron chi connectivity index (χ2n) is 4.37. The Bertz CT molecular complexity index is 153. The summed E-state index contributed by atoms with van der Waals surface area (Å²) >= 11 is 0. The number of hydrogen-bond acceptors (Lipinski definition) is 3. The number of ether oxygens (including phenoxy) is 1. The number of nitrogens with one attached hydrogen (secondary N) is 1. The molecule has 1 aliphatic rings. The van der Waals surface area contributed by atoms with Crippen LogP contribution in [0.15, 0.2) is 0 Å². The molecule has 0 saturated carbocycles. The minimum absolute atomic E-state index is 0.192. The summed E-state index contributed by atoms with van der Waals surface area (Å²) in [7, 11) is 1.89. The minimum atomic E-state index is -0.276. The summed E-state index contributed by atoms with van der Waals surface area (Å²) in [4.78, 5) is 0. The van der Waals surface area contributed by atoms with Crippen molar-refractivity contribution in [2.24, 2.45) is 5.92 Å². The van der Waals surface area contributed by atoms with E-state index in [-0.39, 0.29) is 11.6 Å². The molecule has 0 bridgehead atoms. The zero-order chi connectivity index (χ0) is 9.90. The number of likely N-dealkylation sites (N-methyl/N-ethyl adjacent to an activating group) is 1. The lowest BCUT2D eigenvalue weighted by Gasteiger charge is -2.37. The van der Waals surface area contributed by atoms with Gasteiger partial charge < -0.3 is 15.2 Å². The lowest BCUT2D eigenvalue weighted by Crippen LogP contribution is -2.52. The Morgan fingerprint density at radius 2 is 1.92 bits per heavy atom. The fraction of sp³-hybridized carbons (Fsp3) is 1.00. The molecule has 1 aliphatic heterocycles. The molecule has 1 rings (SSSR count). The third-order valence-electron chi connectivity index (χ3n) is 3.10. The quantitative estimate of drug-likeness (QED) is 0.686. The Hall–Kier alpha value is -0.120. The summed E-state index contributed by atoms with van der Waals surface area (Å²) in [5, 5.41) is 13.2. The van der Waals surface area contributed by atoms with E-state index in [2.05, 4.69) is 5.32 Å². The van der Waals surface area contributed by atoms with Crippen molar-refractivity contribution in [3.8, 4) is 0 Å². The highest BCUT2D eigenvalue weighted by molar-refractivity contribution is 4.89. The molecule has 1 saturated heterocycles. The summed E-state index contributed by atoms with van der Waals surface area (Å²) in [6.07, 6.45) is 1.68. The van der Waals surface area contributed by atoms with Gasteiger partial charge in [0.25, 0.3) is 0 Å². The molecule has 0 spiro atoms. The van der Waals surface area contributed by atoms with Crippen LogP contribution in [0.1, 0.15) is 26.7 Å². The maximum Gasteiger partial charge on any atom is 0.0745 e. The third-order valence-corrected chi connectivity index (χ3v) is 3.10. The van der Waals surface area contributed by atoms with E-state index in [1.54, 1.807) is 0 Å². The van der Waals surface area contributed by atoms with Crippen LogP contribution in [0.2, 0.25) is 0 Å². The minimum Gasteiger partial charge on any atom is -0.391 e. The number of aliphatic hydroxyl groups excluding tert-OH is 1. The van der Waals surface area contributed by atoms with Gasteiger partial charge in [-0.15, -0.1) is 0 Å². The van der Waals surface area contributed by atoms with E-state index in [0.29, 0.717) is 5.92 Å². The molecule has 3 nitrogen and oxygen atoms in total. The number of hydrogen-bond donors (Lipinski definition) is 2. The van der Waals surface area contributed by atoms with E-state index >= 15 is 0 Å². The molecule has 1 heterocycles. The van der Waals surface area contributed by atoms with Gasteiger partial charge in [-0.2, -0.15) is 0 Å². The van der Waals surface area contributed by atoms with Crippen LogP contribution in [0.4, 0.5) is 0 Å². The molecule has 0 aliphatic carbocycles. The second kappa shape index (κ2) is 4.40. The van der Waals surface area contributed by atoms with Crippen molar-refractivity contribution >= 4 is 0 Å². The van der Waals surface area contributed by atoms with E-state index < -0.39 is 0 Å². The monoisotopic (exact) mass is 187 g/mol. The van der Waals surface area contributed by atoms with Crippen LogP contribution in [-0.2, 0) is 4.74 Å². The molecule has 0 amide bonds. The van der Waals surface area contributed by atoms with Gasteiger partial charge in [-0.1, -0.05) is 0 Å². The summed E-state index contributed by atoms with van der Waals surface area (Å²) < 4.78 is 5.26. The zero-order valence-corrected chi connectivity index (χ0v) is 8.84. The maximum absolute atomic E-state index is 10.1. The molecule has 1 atom stereocenters. The lowest BCUT2D eigenvalue weighted by molar-refractivity contribution is -0.0259. The highest BCUT2D eigenvalue weighted by Crippen LogP contribution is 2.25. The van der Waals surface area contributed by atoms with Gasteiger partial charge in [0, 0.05) is 18.8 Å². The summed E-state index contributed by atoms with van der Waals surface area (Å²) in [6.45, 7) is 5.66. The van der Waals surface area contributed by atoms with E-state index in [1.165, 1.54) is 0 Å². The Morgan fingerprint density at radius 3 is 2.38 bits per heavy atom. The molecule has 0 radical (unpaired) electrons. The Labute approximate surface area is 80.5 Å². The average molecular weight is 187 g/mol. The van der Waals surface area contributed by atoms with Gasteiger partial charge in [-0.25, -0.2) is 0 Å². The molecule has 0 aromatic heterocycles. The van der Waals surface area contributed by atoms with Crippen molar-refractivity contribution in [2.45, 2.75) is 38.3 Å². The first-order valence-electron chi connectivity index (χ1n) is 5.02. The fourth-order valence-corrected chi connectivity index (χ4v) is 1.77. The van der Waals surface area contributed by atoms with Crippen LogP contribution < -0.4 is 5.32 Å². The van der Waals surface area contributed by atoms with E-state index in [9.17, 15) is 5.11 Å². The highest BCUT2D eigenvalue weighted by Gasteiger charge is 2.33. The van der Waals surface area contributed by atoms with Gasteiger partial charge in [0.2, 0.25) is 0 Å². The molecule has 0 aromatic carbocycles. The van der Waals surface area contributed by atoms with E-state index in [4.69, 9.17) is 4.74 Å². The first-order chi connectivity index (χ1) is 6.08. The number of aliphatic hydroxyl groups is 1. The van der Waals surface area contributed by atoms with E-state index in [0.717, 1.165) is 26.1 Å². The largest absolute Gasteiger partial charge is 0.391 e. The molecule has 1 fully saturated rings. The molecule has 78 valence electrons. The second-order valence-corrected chi connectivity index (χ2v) is 4.37. The van der Waals surface area contributed by atoms with Crippen LogP contribution in [0, 0.1) is 5.92 Å². The zero-order valence-electron chi connectivity index (χ0n) is 8.84. The third kappa shape index (κ3) is 2.66. The van der Waals surface area contributed by atoms with Gasteiger partial charge >= 0.3 is 0 Å². The average Bonchev–Trinajstić information content (AvgIpc) is 2.18. The van der Waals surface area contributed by atoms with Crippen molar-refractivity contribution in [3.63, 3.8) is 0 Å². The standard InChI is InChI=1S/C10H21NO2/c1-10(2,11-3)9(12)8-4-6-13-7-5-8/h8-9,11-12H,4-7H2,1-3H3. The van der Waals surface area contributed by atoms with Crippen LogP contribution in [0.3, 0.4) is 0 Å².